The molecule has 0 unspecified atom stereocenters. The van der Waals surface area contributed by atoms with Crippen molar-refractivity contribution in [1.82, 2.24) is 4.98 Å². The molecule has 21 heavy (non-hydrogen) atoms. The van der Waals surface area contributed by atoms with Crippen LogP contribution < -0.4 is 15.8 Å². The minimum Gasteiger partial charge on any atom is -0.491 e. The van der Waals surface area contributed by atoms with Crippen molar-refractivity contribution >= 4 is 17.4 Å². The predicted octanol–water partition coefficient (Wildman–Crippen LogP) is 2.63. The first-order valence-corrected chi connectivity index (χ1v) is 6.80. The molecule has 1 amide bonds. The molecule has 0 fully saturated rings. The van der Waals surface area contributed by atoms with Crippen LogP contribution >= 0.6 is 0 Å². The zero-order valence-electron chi connectivity index (χ0n) is 12.2. The summed E-state index contributed by atoms with van der Waals surface area (Å²) in [5.74, 6) is 1.03. The number of aromatic nitrogens is 1. The van der Waals surface area contributed by atoms with Crippen LogP contribution in [0.4, 0.5) is 11.5 Å². The van der Waals surface area contributed by atoms with Crippen LogP contribution in [-0.4, -0.2) is 17.0 Å². The van der Waals surface area contributed by atoms with Crippen molar-refractivity contribution in [3.8, 4) is 5.75 Å². The molecule has 0 bridgehead atoms. The Labute approximate surface area is 124 Å². The molecular weight excluding hydrogens is 266 g/mol. The minimum atomic E-state index is -0.124. The molecule has 5 nitrogen and oxygen atoms in total. The smallest absolute Gasteiger partial charge is 0.228 e. The molecule has 2 rings (SSSR count). The molecule has 0 aliphatic rings. The second kappa shape index (κ2) is 6.74. The number of pyridine rings is 1. The molecule has 1 aromatic heterocycles. The van der Waals surface area contributed by atoms with E-state index in [4.69, 9.17) is 10.5 Å². The normalized spacial score (nSPS) is 10.4. The predicted molar refractivity (Wildman–Crippen MR) is 83.2 cm³/mol. The van der Waals surface area contributed by atoms with E-state index in [-0.39, 0.29) is 18.4 Å². The van der Waals surface area contributed by atoms with E-state index < -0.39 is 0 Å². The van der Waals surface area contributed by atoms with Gasteiger partial charge in [-0.15, -0.1) is 0 Å². The van der Waals surface area contributed by atoms with Crippen LogP contribution in [0, 0.1) is 0 Å². The van der Waals surface area contributed by atoms with Crippen LogP contribution in [0.2, 0.25) is 0 Å². The minimum absolute atomic E-state index is 0.0653. The number of nitrogens with two attached hydrogens (primary N) is 1. The molecule has 1 heterocycles. The third-order valence-electron chi connectivity index (χ3n) is 2.76. The highest BCUT2D eigenvalue weighted by Crippen LogP contribution is 2.20. The van der Waals surface area contributed by atoms with E-state index in [0.29, 0.717) is 11.5 Å². The Morgan fingerprint density at radius 1 is 1.29 bits per heavy atom. The van der Waals surface area contributed by atoms with E-state index in [1.54, 1.807) is 12.1 Å². The van der Waals surface area contributed by atoms with Crippen LogP contribution in [-0.2, 0) is 11.2 Å². The van der Waals surface area contributed by atoms with Crippen LogP contribution in [0.1, 0.15) is 19.4 Å². The molecular formula is C16H19N3O2. The maximum atomic E-state index is 12.1. The maximum Gasteiger partial charge on any atom is 0.228 e. The molecule has 1 aromatic carbocycles. The van der Waals surface area contributed by atoms with Crippen molar-refractivity contribution in [1.29, 1.82) is 0 Å². The number of rotatable bonds is 5. The van der Waals surface area contributed by atoms with Gasteiger partial charge in [-0.3, -0.25) is 4.79 Å². The van der Waals surface area contributed by atoms with E-state index in [0.717, 1.165) is 11.3 Å². The Balaban J connectivity index is 2.04. The van der Waals surface area contributed by atoms with Crippen LogP contribution in [0.5, 0.6) is 5.75 Å². The van der Waals surface area contributed by atoms with E-state index >= 15 is 0 Å². The Bertz CT molecular complexity index is 609. The summed E-state index contributed by atoms with van der Waals surface area (Å²) < 4.78 is 5.70. The lowest BCUT2D eigenvalue weighted by atomic mass is 10.1. The van der Waals surface area contributed by atoms with E-state index in [1.165, 1.54) is 6.20 Å². The number of ether oxygens (including phenoxy) is 1. The highest BCUT2D eigenvalue weighted by atomic mass is 16.5. The summed E-state index contributed by atoms with van der Waals surface area (Å²) in [6.07, 6.45) is 1.84. The number of carbonyl (C=O) groups excluding carboxylic acids is 1. The summed E-state index contributed by atoms with van der Waals surface area (Å²) in [6.45, 7) is 3.91. The number of benzene rings is 1. The van der Waals surface area contributed by atoms with Gasteiger partial charge in [0.15, 0.2) is 0 Å². The number of hydrogen-bond donors (Lipinski definition) is 2. The topological polar surface area (TPSA) is 77.2 Å². The number of para-hydroxylation sites is 1. The monoisotopic (exact) mass is 285 g/mol. The number of nitrogen functional groups attached to an aromatic ring is 1. The van der Waals surface area contributed by atoms with Gasteiger partial charge >= 0.3 is 0 Å². The highest BCUT2D eigenvalue weighted by molar-refractivity contribution is 5.92. The molecule has 0 saturated heterocycles. The fourth-order valence-electron chi connectivity index (χ4n) is 1.88. The Kier molecular flexibility index (Phi) is 4.77. The molecule has 0 aliphatic carbocycles. The van der Waals surface area contributed by atoms with E-state index in [2.05, 4.69) is 10.3 Å². The fraction of sp³-hybridized carbons (Fsp3) is 0.250. The Morgan fingerprint density at radius 3 is 2.71 bits per heavy atom. The molecule has 0 spiro atoms. The standard InChI is InChI=1S/C16H19N3O2/c1-11(2)21-14-6-4-3-5-12(14)9-16(20)19-13-7-8-15(17)18-10-13/h3-8,10-11H,9H2,1-2H3,(H2,17,18)(H,19,20). The number of amides is 1. The number of carbonyl (C=O) groups is 1. The number of anilines is 2. The molecule has 0 atom stereocenters. The molecule has 0 saturated carbocycles. The second-order valence-corrected chi connectivity index (χ2v) is 4.97. The molecule has 2 aromatic rings. The van der Waals surface area contributed by atoms with Gasteiger partial charge in [0, 0.05) is 5.56 Å². The second-order valence-electron chi connectivity index (χ2n) is 4.97. The number of nitrogens with zero attached hydrogens (tertiary/aromatic N) is 1. The van der Waals surface area contributed by atoms with Crippen molar-refractivity contribution in [2.24, 2.45) is 0 Å². The van der Waals surface area contributed by atoms with Gasteiger partial charge in [0.05, 0.1) is 24.4 Å². The third-order valence-corrected chi connectivity index (χ3v) is 2.76. The maximum absolute atomic E-state index is 12.1. The third kappa shape index (κ3) is 4.49. The number of hydrogen-bond acceptors (Lipinski definition) is 4. The van der Waals surface area contributed by atoms with Crippen LogP contribution in [0.3, 0.4) is 0 Å². The largest absolute Gasteiger partial charge is 0.491 e. The van der Waals surface area contributed by atoms with Crippen LogP contribution in [0.15, 0.2) is 42.6 Å². The van der Waals surface area contributed by atoms with E-state index in [1.807, 2.05) is 38.1 Å². The fourth-order valence-corrected chi connectivity index (χ4v) is 1.88. The quantitative estimate of drug-likeness (QED) is 0.885. The summed E-state index contributed by atoms with van der Waals surface area (Å²) >= 11 is 0. The van der Waals surface area contributed by atoms with Gasteiger partial charge in [-0.1, -0.05) is 18.2 Å². The lowest BCUT2D eigenvalue weighted by Crippen LogP contribution is -2.16. The Morgan fingerprint density at radius 2 is 2.05 bits per heavy atom. The molecule has 0 aliphatic heterocycles. The van der Waals surface area contributed by atoms with Crippen molar-refractivity contribution in [3.63, 3.8) is 0 Å². The van der Waals surface area contributed by atoms with Gasteiger partial charge in [0.2, 0.25) is 5.91 Å². The zero-order valence-corrected chi connectivity index (χ0v) is 12.2. The molecule has 110 valence electrons. The molecule has 0 radical (unpaired) electrons. The lowest BCUT2D eigenvalue weighted by Gasteiger charge is -2.14. The SMILES string of the molecule is CC(C)Oc1ccccc1CC(=O)Nc1ccc(N)nc1. The van der Waals surface area contributed by atoms with Gasteiger partial charge in [0.25, 0.3) is 0 Å². The summed E-state index contributed by atoms with van der Waals surface area (Å²) in [6, 6.07) is 10.9. The van der Waals surface area contributed by atoms with E-state index in [9.17, 15) is 4.79 Å². The highest BCUT2D eigenvalue weighted by Gasteiger charge is 2.10. The van der Waals surface area contributed by atoms with Crippen molar-refractivity contribution in [2.75, 3.05) is 11.1 Å². The van der Waals surface area contributed by atoms with Gasteiger partial charge in [-0.25, -0.2) is 4.98 Å². The molecule has 5 heteroatoms. The lowest BCUT2D eigenvalue weighted by molar-refractivity contribution is -0.115. The Hall–Kier alpha value is -2.56. The number of nitrogens with one attached hydrogen (secondary N) is 1. The van der Waals surface area contributed by atoms with Gasteiger partial charge in [0.1, 0.15) is 11.6 Å². The van der Waals surface area contributed by atoms with Gasteiger partial charge in [-0.05, 0) is 32.0 Å². The zero-order chi connectivity index (χ0) is 15.2. The first-order valence-electron chi connectivity index (χ1n) is 6.80. The van der Waals surface area contributed by atoms with Gasteiger partial charge in [-0.2, -0.15) is 0 Å². The molecule has 3 N–H and O–H groups in total. The van der Waals surface area contributed by atoms with Crippen LogP contribution in [0.25, 0.3) is 0 Å². The first kappa shape index (κ1) is 14.8. The average Bonchev–Trinajstić information content (AvgIpc) is 2.43. The first-order chi connectivity index (χ1) is 10.0. The summed E-state index contributed by atoms with van der Waals surface area (Å²) in [4.78, 5) is 16.0. The van der Waals surface area contributed by atoms with Gasteiger partial charge < -0.3 is 15.8 Å². The van der Waals surface area contributed by atoms with Crippen molar-refractivity contribution in [2.45, 2.75) is 26.4 Å². The van der Waals surface area contributed by atoms with Crippen molar-refractivity contribution in [3.05, 3.63) is 48.2 Å². The van der Waals surface area contributed by atoms with Crippen molar-refractivity contribution < 1.29 is 9.53 Å². The average molecular weight is 285 g/mol. The summed E-state index contributed by atoms with van der Waals surface area (Å²) in [5.41, 5.74) is 6.98. The summed E-state index contributed by atoms with van der Waals surface area (Å²) in [7, 11) is 0. The summed E-state index contributed by atoms with van der Waals surface area (Å²) in [5, 5.41) is 2.79.